The number of thioether (sulfide) groups is 1. The molecule has 0 radical (unpaired) electrons. The lowest BCUT2D eigenvalue weighted by atomic mass is 10.3. The number of anilines is 1. The molecule has 0 saturated heterocycles. The quantitative estimate of drug-likeness (QED) is 0.472. The van der Waals surface area contributed by atoms with Gasteiger partial charge in [-0.3, -0.25) is 14.9 Å². The van der Waals surface area contributed by atoms with Gasteiger partial charge in [0.1, 0.15) is 6.04 Å². The Morgan fingerprint density at radius 3 is 2.92 bits per heavy atom. The summed E-state index contributed by atoms with van der Waals surface area (Å²) in [5, 5.41) is 15.6. The van der Waals surface area contributed by atoms with Crippen LogP contribution in [0.25, 0.3) is 0 Å². The standard InChI is InChI=1S/C15H14N4O3S3/c1-9(16-13(21)11-5-2-6-22-11)12(20)17-14-18-19-15(25-14)24-8-10-4-3-7-23-10/h2-7,9H,8H2,1H3,(H,16,21)(H,17,18,20)/t9-/m0/s1. The molecule has 10 heteroatoms. The van der Waals surface area contributed by atoms with Crippen LogP contribution in [0, 0.1) is 0 Å². The number of hydrogen-bond acceptors (Lipinski definition) is 8. The lowest BCUT2D eigenvalue weighted by molar-refractivity contribution is -0.117. The Balaban J connectivity index is 1.49. The maximum atomic E-state index is 12.1. The molecule has 7 nitrogen and oxygen atoms in total. The Hall–Kier alpha value is -2.17. The smallest absolute Gasteiger partial charge is 0.287 e. The lowest BCUT2D eigenvalue weighted by Gasteiger charge is -2.11. The van der Waals surface area contributed by atoms with E-state index < -0.39 is 11.9 Å². The van der Waals surface area contributed by atoms with Crippen molar-refractivity contribution in [2.45, 2.75) is 23.1 Å². The van der Waals surface area contributed by atoms with Crippen LogP contribution in [0.3, 0.4) is 0 Å². The molecular formula is C15H14N4O3S3. The number of hydrogen-bond donors (Lipinski definition) is 2. The molecule has 3 aromatic heterocycles. The number of thiophene rings is 1. The van der Waals surface area contributed by atoms with E-state index in [1.165, 1.54) is 28.5 Å². The van der Waals surface area contributed by atoms with Crippen molar-refractivity contribution < 1.29 is 14.0 Å². The number of nitrogens with zero attached hydrogens (tertiary/aromatic N) is 2. The van der Waals surface area contributed by atoms with Gasteiger partial charge in [0.05, 0.1) is 6.26 Å². The van der Waals surface area contributed by atoms with Gasteiger partial charge in [-0.2, -0.15) is 0 Å². The highest BCUT2D eigenvalue weighted by molar-refractivity contribution is 8.00. The normalized spacial score (nSPS) is 11.9. The van der Waals surface area contributed by atoms with Crippen LogP contribution in [0.15, 0.2) is 44.7 Å². The van der Waals surface area contributed by atoms with E-state index >= 15 is 0 Å². The fourth-order valence-corrected chi connectivity index (χ4v) is 4.33. The molecule has 0 aromatic carbocycles. The number of aromatic nitrogens is 2. The highest BCUT2D eigenvalue weighted by Crippen LogP contribution is 2.29. The Bertz CT molecular complexity index is 830. The van der Waals surface area contributed by atoms with E-state index in [0.717, 1.165) is 10.1 Å². The molecule has 130 valence electrons. The highest BCUT2D eigenvalue weighted by Gasteiger charge is 2.19. The van der Waals surface area contributed by atoms with Crippen molar-refractivity contribution in [2.75, 3.05) is 5.32 Å². The minimum atomic E-state index is -0.733. The molecule has 3 heterocycles. The number of carbonyl (C=O) groups excluding carboxylic acids is 2. The van der Waals surface area contributed by atoms with Gasteiger partial charge in [-0.15, -0.1) is 21.5 Å². The first kappa shape index (κ1) is 17.6. The third-order valence-electron chi connectivity index (χ3n) is 3.04. The molecule has 3 rings (SSSR count). The predicted molar refractivity (Wildman–Crippen MR) is 98.1 cm³/mol. The van der Waals surface area contributed by atoms with Crippen LogP contribution in [0.2, 0.25) is 0 Å². The van der Waals surface area contributed by atoms with Crippen molar-refractivity contribution in [1.29, 1.82) is 0 Å². The van der Waals surface area contributed by atoms with E-state index in [4.69, 9.17) is 4.42 Å². The van der Waals surface area contributed by atoms with Gasteiger partial charge < -0.3 is 9.73 Å². The van der Waals surface area contributed by atoms with Crippen molar-refractivity contribution in [2.24, 2.45) is 0 Å². The molecule has 0 fully saturated rings. The van der Waals surface area contributed by atoms with Crippen LogP contribution in [0.4, 0.5) is 5.13 Å². The van der Waals surface area contributed by atoms with E-state index in [2.05, 4.69) is 26.9 Å². The van der Waals surface area contributed by atoms with Gasteiger partial charge in [0.15, 0.2) is 10.1 Å². The zero-order valence-corrected chi connectivity index (χ0v) is 15.5. The van der Waals surface area contributed by atoms with Crippen LogP contribution in [0.1, 0.15) is 22.4 Å². The van der Waals surface area contributed by atoms with Gasteiger partial charge in [-0.1, -0.05) is 29.2 Å². The van der Waals surface area contributed by atoms with Gasteiger partial charge in [-0.25, -0.2) is 0 Å². The average Bonchev–Trinajstić information content (AvgIpc) is 3.34. The van der Waals surface area contributed by atoms with Crippen molar-refractivity contribution in [3.63, 3.8) is 0 Å². The predicted octanol–water partition coefficient (Wildman–Crippen LogP) is 3.24. The van der Waals surface area contributed by atoms with Crippen LogP contribution >= 0.6 is 34.4 Å². The topological polar surface area (TPSA) is 97.1 Å². The number of carbonyl (C=O) groups is 2. The maximum Gasteiger partial charge on any atom is 0.287 e. The summed E-state index contributed by atoms with van der Waals surface area (Å²) in [7, 11) is 0. The summed E-state index contributed by atoms with van der Waals surface area (Å²) >= 11 is 4.55. The fraction of sp³-hybridized carbons (Fsp3) is 0.200. The molecule has 0 aliphatic rings. The van der Waals surface area contributed by atoms with E-state index in [1.807, 2.05) is 11.4 Å². The largest absolute Gasteiger partial charge is 0.459 e. The van der Waals surface area contributed by atoms with Crippen molar-refractivity contribution in [1.82, 2.24) is 15.5 Å². The molecular weight excluding hydrogens is 380 g/mol. The van der Waals surface area contributed by atoms with Gasteiger partial charge in [-0.05, 0) is 30.5 Å². The van der Waals surface area contributed by atoms with E-state index in [9.17, 15) is 9.59 Å². The van der Waals surface area contributed by atoms with Gasteiger partial charge >= 0.3 is 0 Å². The molecule has 2 amide bonds. The van der Waals surface area contributed by atoms with Gasteiger partial charge in [0.25, 0.3) is 5.91 Å². The van der Waals surface area contributed by atoms with Crippen LogP contribution in [0.5, 0.6) is 0 Å². The summed E-state index contributed by atoms with van der Waals surface area (Å²) in [6.45, 7) is 1.59. The third kappa shape index (κ3) is 4.91. The number of rotatable bonds is 7. The Labute approximate surface area is 155 Å². The minimum Gasteiger partial charge on any atom is -0.459 e. The molecule has 0 aliphatic heterocycles. The first-order chi connectivity index (χ1) is 12.1. The van der Waals surface area contributed by atoms with Crippen molar-refractivity contribution >= 4 is 51.4 Å². The van der Waals surface area contributed by atoms with E-state index in [1.54, 1.807) is 36.1 Å². The number of amides is 2. The van der Waals surface area contributed by atoms with Gasteiger partial charge in [0, 0.05) is 10.6 Å². The van der Waals surface area contributed by atoms with Crippen LogP contribution in [-0.2, 0) is 10.5 Å². The Morgan fingerprint density at radius 1 is 1.32 bits per heavy atom. The molecule has 0 unspecified atom stereocenters. The van der Waals surface area contributed by atoms with E-state index in [-0.39, 0.29) is 11.7 Å². The molecule has 3 aromatic rings. The molecule has 2 N–H and O–H groups in total. The fourth-order valence-electron chi connectivity index (χ4n) is 1.80. The molecule has 0 bridgehead atoms. The second-order valence-electron chi connectivity index (χ2n) is 4.90. The van der Waals surface area contributed by atoms with Crippen LogP contribution < -0.4 is 10.6 Å². The summed E-state index contributed by atoms with van der Waals surface area (Å²) < 4.78 is 5.76. The minimum absolute atomic E-state index is 0.155. The third-order valence-corrected chi connectivity index (χ3v) is 6.12. The molecule has 0 saturated carbocycles. The summed E-state index contributed by atoms with van der Waals surface area (Å²) in [5.41, 5.74) is 0. The maximum absolute atomic E-state index is 12.1. The van der Waals surface area contributed by atoms with Crippen molar-refractivity contribution in [3.05, 3.63) is 46.5 Å². The SMILES string of the molecule is C[C@H](NC(=O)c1ccco1)C(=O)Nc1nnc(SCc2cccs2)s1. The second-order valence-corrected chi connectivity index (χ2v) is 8.14. The summed E-state index contributed by atoms with van der Waals surface area (Å²) in [6.07, 6.45) is 1.40. The highest BCUT2D eigenvalue weighted by atomic mass is 32.2. The second kappa shape index (κ2) is 8.28. The Kier molecular flexibility index (Phi) is 5.84. The first-order valence-corrected chi connectivity index (χ1v) is 9.94. The van der Waals surface area contributed by atoms with E-state index in [0.29, 0.717) is 5.13 Å². The number of nitrogens with one attached hydrogen (secondary N) is 2. The molecule has 0 aliphatic carbocycles. The lowest BCUT2D eigenvalue weighted by Crippen LogP contribution is -2.41. The molecule has 0 spiro atoms. The summed E-state index contributed by atoms with van der Waals surface area (Å²) in [6, 6.07) is 6.47. The average molecular weight is 395 g/mol. The van der Waals surface area contributed by atoms with Gasteiger partial charge in [0.2, 0.25) is 11.0 Å². The number of furan rings is 1. The van der Waals surface area contributed by atoms with Crippen LogP contribution in [-0.4, -0.2) is 28.1 Å². The summed E-state index contributed by atoms with van der Waals surface area (Å²) in [5.74, 6) is 0.154. The zero-order valence-electron chi connectivity index (χ0n) is 13.1. The molecule has 25 heavy (non-hydrogen) atoms. The first-order valence-electron chi connectivity index (χ1n) is 7.26. The monoisotopic (exact) mass is 394 g/mol. The Morgan fingerprint density at radius 2 is 2.20 bits per heavy atom. The zero-order chi connectivity index (χ0) is 17.6. The van der Waals surface area contributed by atoms with Crippen molar-refractivity contribution in [3.8, 4) is 0 Å². The summed E-state index contributed by atoms with van der Waals surface area (Å²) in [4.78, 5) is 25.3. The molecule has 1 atom stereocenters.